The molecule has 0 aliphatic carbocycles. The lowest BCUT2D eigenvalue weighted by atomic mass is 10.1. The standard InChI is InChI=1S/C24H17NO2/c26-24(27-18-21-9-5-2-6-10-21)25-16-15-22-17-20(13-14-23(22)25)12-11-19-7-3-1-4-8-19/h1-10,13-17H,18H2. The quantitative estimate of drug-likeness (QED) is 0.463. The Bertz CT molecular complexity index is 1130. The number of rotatable bonds is 2. The van der Waals surface area contributed by atoms with Crippen LogP contribution in [0.4, 0.5) is 4.79 Å². The molecule has 0 radical (unpaired) electrons. The van der Waals surface area contributed by atoms with E-state index < -0.39 is 6.09 Å². The van der Waals surface area contributed by atoms with E-state index in [1.54, 1.807) is 6.20 Å². The van der Waals surface area contributed by atoms with E-state index in [0.717, 1.165) is 27.6 Å². The van der Waals surface area contributed by atoms with Gasteiger partial charge < -0.3 is 4.74 Å². The minimum atomic E-state index is -0.392. The summed E-state index contributed by atoms with van der Waals surface area (Å²) in [5, 5.41) is 0.950. The summed E-state index contributed by atoms with van der Waals surface area (Å²) in [5.74, 6) is 6.31. The second kappa shape index (κ2) is 7.63. The summed E-state index contributed by atoms with van der Waals surface area (Å²) in [5.41, 5.74) is 3.64. The zero-order valence-electron chi connectivity index (χ0n) is 14.6. The SMILES string of the molecule is O=C(OCc1ccccc1)n1ccc2cc(C#Cc3ccccc3)ccc21. The number of aromatic nitrogens is 1. The second-order valence-corrected chi connectivity index (χ2v) is 6.12. The molecule has 0 aliphatic rings. The van der Waals surface area contributed by atoms with Gasteiger partial charge in [-0.25, -0.2) is 4.79 Å². The monoisotopic (exact) mass is 351 g/mol. The Balaban J connectivity index is 1.52. The van der Waals surface area contributed by atoms with Crippen LogP contribution in [0.3, 0.4) is 0 Å². The van der Waals surface area contributed by atoms with Crippen LogP contribution in [0.25, 0.3) is 10.9 Å². The third kappa shape index (κ3) is 3.91. The van der Waals surface area contributed by atoms with Crippen molar-refractivity contribution in [2.45, 2.75) is 6.61 Å². The van der Waals surface area contributed by atoms with Crippen molar-refractivity contribution in [3.8, 4) is 11.8 Å². The molecule has 0 fully saturated rings. The number of nitrogens with zero attached hydrogens (tertiary/aromatic N) is 1. The summed E-state index contributed by atoms with van der Waals surface area (Å²) in [6.07, 6.45) is 1.34. The first-order valence-corrected chi connectivity index (χ1v) is 8.69. The molecule has 0 N–H and O–H groups in total. The average Bonchev–Trinajstić information content (AvgIpc) is 3.15. The molecule has 0 unspecified atom stereocenters. The molecule has 3 aromatic carbocycles. The summed E-state index contributed by atoms with van der Waals surface area (Å²) in [6.45, 7) is 0.250. The lowest BCUT2D eigenvalue weighted by Gasteiger charge is -2.06. The van der Waals surface area contributed by atoms with E-state index in [-0.39, 0.29) is 6.61 Å². The predicted molar refractivity (Wildman–Crippen MR) is 106 cm³/mol. The first-order valence-electron chi connectivity index (χ1n) is 8.69. The van der Waals surface area contributed by atoms with Crippen molar-refractivity contribution in [2.24, 2.45) is 0 Å². The van der Waals surface area contributed by atoms with Crippen molar-refractivity contribution in [3.63, 3.8) is 0 Å². The Labute approximate surface area is 157 Å². The number of benzene rings is 3. The molecule has 3 heteroatoms. The molecule has 0 saturated heterocycles. The zero-order valence-corrected chi connectivity index (χ0v) is 14.6. The van der Waals surface area contributed by atoms with Crippen LogP contribution in [0, 0.1) is 11.8 Å². The maximum atomic E-state index is 12.4. The third-order valence-corrected chi connectivity index (χ3v) is 4.22. The first kappa shape index (κ1) is 16.7. The van der Waals surface area contributed by atoms with Crippen molar-refractivity contribution >= 4 is 17.0 Å². The minimum absolute atomic E-state index is 0.250. The highest BCUT2D eigenvalue weighted by molar-refractivity contribution is 5.90. The Morgan fingerprint density at radius 2 is 1.52 bits per heavy atom. The third-order valence-electron chi connectivity index (χ3n) is 4.22. The Morgan fingerprint density at radius 3 is 2.30 bits per heavy atom. The van der Waals surface area contributed by atoms with Crippen molar-refractivity contribution in [2.75, 3.05) is 0 Å². The molecule has 0 atom stereocenters. The van der Waals surface area contributed by atoms with E-state index in [0.29, 0.717) is 0 Å². The summed E-state index contributed by atoms with van der Waals surface area (Å²) in [6, 6.07) is 27.2. The fraction of sp³-hybridized carbons (Fsp3) is 0.0417. The number of hydrogen-bond donors (Lipinski definition) is 0. The predicted octanol–water partition coefficient (Wildman–Crippen LogP) is 5.23. The number of carbonyl (C=O) groups excluding carboxylic acids is 1. The van der Waals surface area contributed by atoms with Gasteiger partial charge in [-0.15, -0.1) is 0 Å². The molecule has 27 heavy (non-hydrogen) atoms. The van der Waals surface area contributed by atoms with Crippen LogP contribution in [0.2, 0.25) is 0 Å². The highest BCUT2D eigenvalue weighted by atomic mass is 16.5. The Kier molecular flexibility index (Phi) is 4.72. The van der Waals surface area contributed by atoms with Crippen LogP contribution < -0.4 is 0 Å². The van der Waals surface area contributed by atoms with Crippen LogP contribution in [-0.4, -0.2) is 10.7 Å². The highest BCUT2D eigenvalue weighted by Gasteiger charge is 2.10. The molecule has 3 nitrogen and oxygen atoms in total. The van der Waals surface area contributed by atoms with Crippen LogP contribution in [0.5, 0.6) is 0 Å². The molecule has 0 amide bonds. The molecule has 130 valence electrons. The van der Waals surface area contributed by atoms with Crippen LogP contribution in [0.1, 0.15) is 16.7 Å². The van der Waals surface area contributed by atoms with Gasteiger partial charge in [0.25, 0.3) is 0 Å². The number of fused-ring (bicyclic) bond motifs is 1. The van der Waals surface area contributed by atoms with E-state index in [9.17, 15) is 4.79 Å². The molecular formula is C24H17NO2. The summed E-state index contributed by atoms with van der Waals surface area (Å²) >= 11 is 0. The Hall–Kier alpha value is -3.77. The van der Waals surface area contributed by atoms with Crippen molar-refractivity contribution in [1.82, 2.24) is 4.57 Å². The summed E-state index contributed by atoms with van der Waals surface area (Å²) in [4.78, 5) is 12.4. The van der Waals surface area contributed by atoms with E-state index in [4.69, 9.17) is 4.74 Å². The topological polar surface area (TPSA) is 31.2 Å². The number of hydrogen-bond acceptors (Lipinski definition) is 2. The summed E-state index contributed by atoms with van der Waals surface area (Å²) in [7, 11) is 0. The smallest absolute Gasteiger partial charge is 0.418 e. The van der Waals surface area contributed by atoms with Gasteiger partial charge in [0.05, 0.1) is 5.52 Å². The molecule has 0 saturated carbocycles. The molecule has 0 spiro atoms. The zero-order chi connectivity index (χ0) is 18.5. The Morgan fingerprint density at radius 1 is 0.815 bits per heavy atom. The van der Waals surface area contributed by atoms with Gasteiger partial charge in [0.15, 0.2) is 0 Å². The molecule has 1 aromatic heterocycles. The van der Waals surface area contributed by atoms with Gasteiger partial charge in [-0.1, -0.05) is 60.4 Å². The molecule has 0 aliphatic heterocycles. The highest BCUT2D eigenvalue weighted by Crippen LogP contribution is 2.18. The van der Waals surface area contributed by atoms with Gasteiger partial charge in [-0.05, 0) is 42.0 Å². The van der Waals surface area contributed by atoms with Gasteiger partial charge >= 0.3 is 6.09 Å². The van der Waals surface area contributed by atoms with E-state index in [1.165, 1.54) is 4.57 Å². The maximum absolute atomic E-state index is 12.4. The van der Waals surface area contributed by atoms with Gasteiger partial charge in [0.2, 0.25) is 0 Å². The second-order valence-electron chi connectivity index (χ2n) is 6.12. The molecule has 4 rings (SSSR count). The normalized spacial score (nSPS) is 10.2. The fourth-order valence-corrected chi connectivity index (χ4v) is 2.83. The van der Waals surface area contributed by atoms with Crippen LogP contribution >= 0.6 is 0 Å². The van der Waals surface area contributed by atoms with Gasteiger partial charge in [0.1, 0.15) is 6.61 Å². The van der Waals surface area contributed by atoms with E-state index >= 15 is 0 Å². The maximum Gasteiger partial charge on any atom is 0.418 e. The number of ether oxygens (including phenoxy) is 1. The van der Waals surface area contributed by atoms with Gasteiger partial charge in [-0.2, -0.15) is 0 Å². The minimum Gasteiger partial charge on any atom is -0.444 e. The van der Waals surface area contributed by atoms with Gasteiger partial charge in [0, 0.05) is 22.7 Å². The first-order chi connectivity index (χ1) is 13.3. The van der Waals surface area contributed by atoms with E-state index in [1.807, 2.05) is 84.9 Å². The molecule has 4 aromatic rings. The summed E-state index contributed by atoms with van der Waals surface area (Å²) < 4.78 is 6.93. The molecular weight excluding hydrogens is 334 g/mol. The number of carbonyl (C=O) groups is 1. The van der Waals surface area contributed by atoms with Gasteiger partial charge in [-0.3, -0.25) is 4.57 Å². The van der Waals surface area contributed by atoms with Crippen molar-refractivity contribution < 1.29 is 9.53 Å². The van der Waals surface area contributed by atoms with Crippen LogP contribution in [-0.2, 0) is 11.3 Å². The van der Waals surface area contributed by atoms with Crippen molar-refractivity contribution in [1.29, 1.82) is 0 Å². The van der Waals surface area contributed by atoms with E-state index in [2.05, 4.69) is 11.8 Å². The lowest BCUT2D eigenvalue weighted by Crippen LogP contribution is -2.12. The molecule has 0 bridgehead atoms. The van der Waals surface area contributed by atoms with Crippen molar-refractivity contribution in [3.05, 3.63) is 108 Å². The fourth-order valence-electron chi connectivity index (χ4n) is 2.83. The average molecular weight is 351 g/mol. The van der Waals surface area contributed by atoms with Crippen LogP contribution in [0.15, 0.2) is 91.1 Å². The largest absolute Gasteiger partial charge is 0.444 e. The molecule has 1 heterocycles. The lowest BCUT2D eigenvalue weighted by molar-refractivity contribution is 0.142.